The highest BCUT2D eigenvalue weighted by Crippen LogP contribution is 2.45. The van der Waals surface area contributed by atoms with Crippen molar-refractivity contribution in [2.75, 3.05) is 31.1 Å². The number of esters is 2. The average molecular weight is 473 g/mol. The normalized spacial score (nSPS) is 17.4. The van der Waals surface area contributed by atoms with Gasteiger partial charge in [0.25, 0.3) is 0 Å². The second-order valence-electron chi connectivity index (χ2n) is 7.83. The summed E-state index contributed by atoms with van der Waals surface area (Å²) in [7, 11) is 3.99. The molecule has 2 aromatic rings. The van der Waals surface area contributed by atoms with E-state index in [0.717, 1.165) is 0 Å². The molecular formula is C25H23N5O5. The maximum atomic E-state index is 13.2. The molecule has 10 nitrogen and oxygen atoms in total. The van der Waals surface area contributed by atoms with Crippen LogP contribution in [0.15, 0.2) is 71.2 Å². The van der Waals surface area contributed by atoms with Gasteiger partial charge in [-0.05, 0) is 17.7 Å². The Balaban J connectivity index is 2.08. The van der Waals surface area contributed by atoms with Gasteiger partial charge in [-0.3, -0.25) is 9.80 Å². The van der Waals surface area contributed by atoms with Crippen molar-refractivity contribution >= 4 is 29.3 Å². The minimum absolute atomic E-state index is 0.0395. The van der Waals surface area contributed by atoms with Gasteiger partial charge in [0.15, 0.2) is 0 Å². The quantitative estimate of drug-likeness (QED) is 0.645. The van der Waals surface area contributed by atoms with Crippen molar-refractivity contribution in [3.63, 3.8) is 0 Å². The molecule has 2 amide bonds. The lowest BCUT2D eigenvalue weighted by Gasteiger charge is -2.38. The van der Waals surface area contributed by atoms with Crippen molar-refractivity contribution in [1.82, 2.24) is 5.32 Å². The number of nitrogens with two attached hydrogens (primary N) is 1. The molecule has 178 valence electrons. The van der Waals surface area contributed by atoms with E-state index in [1.165, 1.54) is 24.0 Å². The molecule has 0 aromatic heterocycles. The molecule has 0 saturated carbocycles. The zero-order valence-corrected chi connectivity index (χ0v) is 19.4. The summed E-state index contributed by atoms with van der Waals surface area (Å²) in [6, 6.07) is 15.7. The van der Waals surface area contributed by atoms with Crippen molar-refractivity contribution in [3.05, 3.63) is 82.3 Å². The number of anilines is 2. The number of nitrogens with zero attached hydrogens (tertiary/aromatic N) is 3. The molecule has 0 saturated heterocycles. The number of carbonyl (C=O) groups is 3. The van der Waals surface area contributed by atoms with Crippen LogP contribution in [-0.4, -0.2) is 39.2 Å². The molecule has 3 N–H and O–H groups in total. The van der Waals surface area contributed by atoms with Crippen LogP contribution >= 0.6 is 0 Å². The third-order valence-electron chi connectivity index (χ3n) is 6.06. The Kier molecular flexibility index (Phi) is 6.16. The summed E-state index contributed by atoms with van der Waals surface area (Å²) in [6.45, 7) is 0.143. The Morgan fingerprint density at radius 2 is 1.71 bits per heavy atom. The number of amides is 2. The zero-order chi connectivity index (χ0) is 25.3. The molecule has 2 aliphatic heterocycles. The number of nitriles is 1. The fraction of sp³-hybridized carbons (Fsp3) is 0.200. The number of carbonyl (C=O) groups excluding carboxylic acids is 3. The van der Waals surface area contributed by atoms with Gasteiger partial charge in [0, 0.05) is 19.2 Å². The maximum Gasteiger partial charge on any atom is 0.355 e. The highest BCUT2D eigenvalue weighted by atomic mass is 16.5. The molecule has 0 aliphatic carbocycles. The van der Waals surface area contributed by atoms with Gasteiger partial charge in [-0.25, -0.2) is 14.4 Å². The number of benzene rings is 2. The largest absolute Gasteiger partial charge is 0.466 e. The number of ether oxygens (including phenoxy) is 2. The van der Waals surface area contributed by atoms with Gasteiger partial charge in [0.05, 0.1) is 48.7 Å². The molecule has 0 radical (unpaired) electrons. The standard InChI is InChI=1S/C25H23N5O5/c1-29-17-10-7-11-18(16(17)13-28-25(29)33)30-21(24(32)35-3)20(23(31)34-2)19(15(12-26)22(30)27)14-8-5-4-6-9-14/h4-11,19H,13,27H2,1-3H3,(H,28,33). The molecule has 0 spiro atoms. The second kappa shape index (κ2) is 9.23. The number of hydrogen-bond donors (Lipinski definition) is 2. The number of rotatable bonds is 4. The summed E-state index contributed by atoms with van der Waals surface area (Å²) >= 11 is 0. The van der Waals surface area contributed by atoms with Crippen LogP contribution < -0.4 is 20.9 Å². The number of nitrogens with one attached hydrogen (secondary N) is 1. The number of urea groups is 1. The molecule has 1 unspecified atom stereocenters. The van der Waals surface area contributed by atoms with E-state index in [-0.39, 0.29) is 35.2 Å². The van der Waals surface area contributed by atoms with Crippen LogP contribution in [-0.2, 0) is 25.6 Å². The van der Waals surface area contributed by atoms with E-state index in [4.69, 9.17) is 15.2 Å². The minimum Gasteiger partial charge on any atom is -0.466 e. The van der Waals surface area contributed by atoms with Crippen LogP contribution in [0.5, 0.6) is 0 Å². The Hall–Kier alpha value is -4.78. The molecule has 2 aromatic carbocycles. The Labute approximate surface area is 201 Å². The van der Waals surface area contributed by atoms with Crippen molar-refractivity contribution in [2.24, 2.45) is 5.73 Å². The predicted octanol–water partition coefficient (Wildman–Crippen LogP) is 2.24. The summed E-state index contributed by atoms with van der Waals surface area (Å²) in [4.78, 5) is 41.3. The van der Waals surface area contributed by atoms with Crippen LogP contribution in [0.2, 0.25) is 0 Å². The molecule has 0 bridgehead atoms. The predicted molar refractivity (Wildman–Crippen MR) is 127 cm³/mol. The van der Waals surface area contributed by atoms with Gasteiger partial charge in [0.1, 0.15) is 11.5 Å². The fourth-order valence-corrected chi connectivity index (χ4v) is 4.42. The molecule has 1 atom stereocenters. The topological polar surface area (TPSA) is 138 Å². The number of hydrogen-bond acceptors (Lipinski definition) is 8. The average Bonchev–Trinajstić information content (AvgIpc) is 2.89. The first-order valence-corrected chi connectivity index (χ1v) is 10.6. The van der Waals surface area contributed by atoms with E-state index >= 15 is 0 Å². The lowest BCUT2D eigenvalue weighted by Crippen LogP contribution is -2.44. The van der Waals surface area contributed by atoms with Gasteiger partial charge in [-0.1, -0.05) is 36.4 Å². The lowest BCUT2D eigenvalue weighted by molar-refractivity contribution is -0.139. The van der Waals surface area contributed by atoms with E-state index in [9.17, 15) is 19.6 Å². The molecule has 10 heteroatoms. The number of allylic oxidation sites excluding steroid dienone is 1. The highest BCUT2D eigenvalue weighted by Gasteiger charge is 2.43. The molecule has 35 heavy (non-hydrogen) atoms. The number of methoxy groups -OCH3 is 2. The zero-order valence-electron chi connectivity index (χ0n) is 19.4. The van der Waals surface area contributed by atoms with Crippen LogP contribution in [0.3, 0.4) is 0 Å². The first-order valence-electron chi connectivity index (χ1n) is 10.6. The second-order valence-corrected chi connectivity index (χ2v) is 7.83. The summed E-state index contributed by atoms with van der Waals surface area (Å²) in [5, 5.41) is 12.9. The Morgan fingerprint density at radius 3 is 2.34 bits per heavy atom. The smallest absolute Gasteiger partial charge is 0.355 e. The van der Waals surface area contributed by atoms with E-state index < -0.39 is 17.9 Å². The van der Waals surface area contributed by atoms with Gasteiger partial charge < -0.3 is 20.5 Å². The Morgan fingerprint density at radius 1 is 1.06 bits per heavy atom. The highest BCUT2D eigenvalue weighted by molar-refractivity contribution is 6.07. The van der Waals surface area contributed by atoms with Crippen LogP contribution in [0, 0.1) is 11.3 Å². The van der Waals surface area contributed by atoms with E-state index in [1.54, 1.807) is 55.6 Å². The van der Waals surface area contributed by atoms with Gasteiger partial charge in [-0.2, -0.15) is 5.26 Å². The fourth-order valence-electron chi connectivity index (χ4n) is 4.42. The maximum absolute atomic E-state index is 13.2. The molecule has 2 heterocycles. The third-order valence-corrected chi connectivity index (χ3v) is 6.06. The molecule has 4 rings (SSSR count). The van der Waals surface area contributed by atoms with Crippen LogP contribution in [0.4, 0.5) is 16.2 Å². The van der Waals surface area contributed by atoms with Crippen molar-refractivity contribution in [1.29, 1.82) is 5.26 Å². The molecular weight excluding hydrogens is 450 g/mol. The van der Waals surface area contributed by atoms with E-state index in [1.807, 2.05) is 0 Å². The lowest BCUT2D eigenvalue weighted by atomic mass is 9.80. The third kappa shape index (κ3) is 3.73. The van der Waals surface area contributed by atoms with Crippen LogP contribution in [0.25, 0.3) is 0 Å². The monoisotopic (exact) mass is 473 g/mol. The summed E-state index contributed by atoms with van der Waals surface area (Å²) < 4.78 is 10.1. The summed E-state index contributed by atoms with van der Waals surface area (Å²) in [6.07, 6.45) is 0. The van der Waals surface area contributed by atoms with Gasteiger partial charge in [-0.15, -0.1) is 0 Å². The van der Waals surface area contributed by atoms with Gasteiger partial charge >= 0.3 is 18.0 Å². The summed E-state index contributed by atoms with van der Waals surface area (Å²) in [5.74, 6) is -2.64. The van der Waals surface area contributed by atoms with Crippen molar-refractivity contribution in [3.8, 4) is 6.07 Å². The minimum atomic E-state index is -0.957. The SMILES string of the molecule is COC(=O)C1=C(C(=O)OC)N(c2cccc3c2CNC(=O)N3C)C(N)=C(C#N)C1c1ccccc1. The summed E-state index contributed by atoms with van der Waals surface area (Å²) in [5.41, 5.74) is 8.59. The Bertz CT molecular complexity index is 1330. The van der Waals surface area contributed by atoms with Crippen molar-refractivity contribution in [2.45, 2.75) is 12.5 Å². The van der Waals surface area contributed by atoms with E-state index in [2.05, 4.69) is 11.4 Å². The van der Waals surface area contributed by atoms with Crippen molar-refractivity contribution < 1.29 is 23.9 Å². The van der Waals surface area contributed by atoms with Gasteiger partial charge in [0.2, 0.25) is 0 Å². The first-order chi connectivity index (χ1) is 16.8. The molecule has 2 aliphatic rings. The van der Waals surface area contributed by atoms with E-state index in [0.29, 0.717) is 22.5 Å². The molecule has 0 fully saturated rings. The number of fused-ring (bicyclic) bond motifs is 1. The van der Waals surface area contributed by atoms with Crippen LogP contribution in [0.1, 0.15) is 17.0 Å². The first kappa shape index (κ1) is 23.4.